The van der Waals surface area contributed by atoms with Crippen LogP contribution in [0.1, 0.15) is 5.56 Å². The third-order valence-electron chi connectivity index (χ3n) is 3.65. The Bertz CT molecular complexity index is 871. The molecule has 2 aromatic carbocycles. The van der Waals surface area contributed by atoms with Gasteiger partial charge in [-0.1, -0.05) is 23.7 Å². The van der Waals surface area contributed by atoms with Crippen LogP contribution in [0.4, 0.5) is 24.5 Å². The monoisotopic (exact) mass is 384 g/mol. The van der Waals surface area contributed by atoms with Gasteiger partial charge in [0.2, 0.25) is 5.91 Å². The van der Waals surface area contributed by atoms with Crippen LogP contribution in [0, 0.1) is 0 Å². The maximum atomic E-state index is 12.8. The Morgan fingerprint density at radius 1 is 1.23 bits per heavy atom. The minimum absolute atomic E-state index is 0.0233. The number of hydrogen-bond donors (Lipinski definition) is 1. The van der Waals surface area contributed by atoms with Gasteiger partial charge in [-0.15, -0.1) is 0 Å². The third-order valence-corrected chi connectivity index (χ3v) is 3.98. The molecule has 0 fully saturated rings. The molecular weight excluding hydrogens is 373 g/mol. The lowest BCUT2D eigenvalue weighted by Gasteiger charge is -2.29. The van der Waals surface area contributed by atoms with Crippen molar-refractivity contribution in [1.29, 1.82) is 0 Å². The van der Waals surface area contributed by atoms with Crippen LogP contribution in [0.2, 0.25) is 5.02 Å². The van der Waals surface area contributed by atoms with E-state index >= 15 is 0 Å². The summed E-state index contributed by atoms with van der Waals surface area (Å²) >= 11 is 5.87. The number of anilines is 2. The van der Waals surface area contributed by atoms with E-state index < -0.39 is 23.6 Å². The van der Waals surface area contributed by atoms with Gasteiger partial charge in [0.05, 0.1) is 28.5 Å². The van der Waals surface area contributed by atoms with Crippen molar-refractivity contribution in [3.8, 4) is 5.75 Å². The molecule has 1 aliphatic heterocycles. The number of fused-ring (bicyclic) bond motifs is 1. The normalized spacial score (nSPS) is 13.8. The zero-order valence-electron chi connectivity index (χ0n) is 13.1. The molecule has 0 unspecified atom stereocenters. The van der Waals surface area contributed by atoms with Crippen LogP contribution in [0.5, 0.6) is 5.75 Å². The SMILES string of the molecule is O=C(CN1CC(=O)Oc2ccccc21)Nc1cc(C(F)(F)F)ccc1Cl. The molecule has 0 saturated heterocycles. The Kier molecular flexibility index (Phi) is 4.78. The lowest BCUT2D eigenvalue weighted by molar-refractivity contribution is -0.137. The number of rotatable bonds is 3. The van der Waals surface area contributed by atoms with Crippen molar-refractivity contribution in [3.05, 3.63) is 53.1 Å². The molecule has 136 valence electrons. The minimum Gasteiger partial charge on any atom is -0.423 e. The van der Waals surface area contributed by atoms with Crippen LogP contribution in [0.25, 0.3) is 0 Å². The number of nitrogens with one attached hydrogen (secondary N) is 1. The number of alkyl halides is 3. The number of halogens is 4. The Labute approximate surface area is 151 Å². The first-order valence-electron chi connectivity index (χ1n) is 7.45. The predicted octanol–water partition coefficient (Wildman–Crippen LogP) is 3.72. The molecule has 26 heavy (non-hydrogen) atoms. The van der Waals surface area contributed by atoms with Crippen molar-refractivity contribution in [1.82, 2.24) is 0 Å². The lowest BCUT2D eigenvalue weighted by atomic mass is 10.2. The summed E-state index contributed by atoms with van der Waals surface area (Å²) in [7, 11) is 0. The summed E-state index contributed by atoms with van der Waals surface area (Å²) in [5.41, 5.74) is -0.541. The van der Waals surface area contributed by atoms with Crippen molar-refractivity contribution >= 4 is 34.9 Å². The number of para-hydroxylation sites is 2. The second-order valence-electron chi connectivity index (χ2n) is 5.54. The number of amides is 1. The number of carbonyl (C=O) groups excluding carboxylic acids is 2. The van der Waals surface area contributed by atoms with E-state index in [1.807, 2.05) is 0 Å². The summed E-state index contributed by atoms with van der Waals surface area (Å²) in [6.07, 6.45) is -4.56. The first kappa shape index (κ1) is 18.1. The smallest absolute Gasteiger partial charge is 0.416 e. The summed E-state index contributed by atoms with van der Waals surface area (Å²) < 4.78 is 43.5. The third kappa shape index (κ3) is 3.91. The summed E-state index contributed by atoms with van der Waals surface area (Å²) in [4.78, 5) is 25.4. The van der Waals surface area contributed by atoms with Crippen LogP contribution in [0.3, 0.4) is 0 Å². The van der Waals surface area contributed by atoms with E-state index in [0.717, 1.165) is 18.2 Å². The molecule has 3 rings (SSSR count). The zero-order valence-corrected chi connectivity index (χ0v) is 13.9. The topological polar surface area (TPSA) is 58.6 Å². The van der Waals surface area contributed by atoms with Crippen LogP contribution in [-0.4, -0.2) is 25.0 Å². The Morgan fingerprint density at radius 2 is 1.96 bits per heavy atom. The molecule has 0 aromatic heterocycles. The Hall–Kier alpha value is -2.74. The molecular formula is C17H12ClF3N2O3. The fourth-order valence-corrected chi connectivity index (χ4v) is 2.67. The van der Waals surface area contributed by atoms with E-state index in [0.29, 0.717) is 11.4 Å². The summed E-state index contributed by atoms with van der Waals surface area (Å²) in [5, 5.41) is 2.33. The maximum Gasteiger partial charge on any atom is 0.416 e. The highest BCUT2D eigenvalue weighted by atomic mass is 35.5. The fourth-order valence-electron chi connectivity index (χ4n) is 2.50. The molecule has 0 saturated carbocycles. The van der Waals surface area contributed by atoms with Crippen LogP contribution < -0.4 is 15.0 Å². The van der Waals surface area contributed by atoms with Gasteiger partial charge in [0.15, 0.2) is 5.75 Å². The first-order chi connectivity index (χ1) is 12.2. The summed E-state index contributed by atoms with van der Waals surface area (Å²) in [5.74, 6) is -0.835. The molecule has 5 nitrogen and oxygen atoms in total. The number of hydrogen-bond acceptors (Lipinski definition) is 4. The van der Waals surface area contributed by atoms with Gasteiger partial charge in [-0.05, 0) is 30.3 Å². The van der Waals surface area contributed by atoms with Gasteiger partial charge >= 0.3 is 12.1 Å². The average Bonchev–Trinajstić information content (AvgIpc) is 2.55. The molecule has 0 aliphatic carbocycles. The first-order valence-corrected chi connectivity index (χ1v) is 7.83. The number of nitrogens with zero attached hydrogens (tertiary/aromatic N) is 1. The molecule has 2 aromatic rings. The van der Waals surface area contributed by atoms with Crippen molar-refractivity contribution in [2.45, 2.75) is 6.18 Å². The molecule has 0 atom stereocenters. The Morgan fingerprint density at radius 3 is 2.69 bits per heavy atom. The van der Waals surface area contributed by atoms with Crippen molar-refractivity contribution in [3.63, 3.8) is 0 Å². The summed E-state index contributed by atoms with van der Waals surface area (Å²) in [6, 6.07) is 9.30. The lowest BCUT2D eigenvalue weighted by Crippen LogP contribution is -2.41. The number of carbonyl (C=O) groups is 2. The zero-order chi connectivity index (χ0) is 18.9. The van der Waals surface area contributed by atoms with Crippen molar-refractivity contribution < 1.29 is 27.5 Å². The second-order valence-corrected chi connectivity index (χ2v) is 5.95. The highest BCUT2D eigenvalue weighted by molar-refractivity contribution is 6.33. The summed E-state index contributed by atoms with van der Waals surface area (Å²) in [6.45, 7) is -0.403. The van der Waals surface area contributed by atoms with Gasteiger partial charge < -0.3 is 15.0 Å². The molecule has 1 amide bonds. The largest absolute Gasteiger partial charge is 0.423 e. The molecule has 1 heterocycles. The molecule has 0 radical (unpaired) electrons. The van der Waals surface area contributed by atoms with Gasteiger partial charge in [0.1, 0.15) is 6.54 Å². The van der Waals surface area contributed by atoms with Crippen LogP contribution in [-0.2, 0) is 15.8 Å². The van der Waals surface area contributed by atoms with Gasteiger partial charge in [0.25, 0.3) is 0 Å². The van der Waals surface area contributed by atoms with Gasteiger partial charge in [-0.2, -0.15) is 13.2 Å². The molecule has 1 aliphatic rings. The molecule has 0 bridgehead atoms. The predicted molar refractivity (Wildman–Crippen MR) is 89.4 cm³/mol. The minimum atomic E-state index is -4.56. The maximum absolute atomic E-state index is 12.8. The van der Waals surface area contributed by atoms with E-state index in [1.165, 1.54) is 4.90 Å². The van der Waals surface area contributed by atoms with E-state index in [4.69, 9.17) is 16.3 Å². The standard InChI is InChI=1S/C17H12ClF3N2O3/c18-11-6-5-10(17(19,20)21)7-12(11)22-15(24)8-23-9-16(25)26-14-4-2-1-3-13(14)23/h1-7H,8-9H2,(H,22,24). The number of esters is 1. The van der Waals surface area contributed by atoms with Crippen molar-refractivity contribution in [2.24, 2.45) is 0 Å². The van der Waals surface area contributed by atoms with Gasteiger partial charge in [0, 0.05) is 0 Å². The fraction of sp³-hybridized carbons (Fsp3) is 0.176. The van der Waals surface area contributed by atoms with Gasteiger partial charge in [-0.3, -0.25) is 4.79 Å². The average molecular weight is 385 g/mol. The van der Waals surface area contributed by atoms with E-state index in [9.17, 15) is 22.8 Å². The number of ether oxygens (including phenoxy) is 1. The highest BCUT2D eigenvalue weighted by Gasteiger charge is 2.31. The Balaban J connectivity index is 1.77. The van der Waals surface area contributed by atoms with Crippen LogP contribution in [0.15, 0.2) is 42.5 Å². The number of benzene rings is 2. The molecule has 0 spiro atoms. The van der Waals surface area contributed by atoms with E-state index in [1.54, 1.807) is 24.3 Å². The highest BCUT2D eigenvalue weighted by Crippen LogP contribution is 2.34. The van der Waals surface area contributed by atoms with E-state index in [2.05, 4.69) is 5.32 Å². The van der Waals surface area contributed by atoms with Crippen molar-refractivity contribution in [2.75, 3.05) is 23.3 Å². The quantitative estimate of drug-likeness (QED) is 0.647. The molecule has 1 N–H and O–H groups in total. The van der Waals surface area contributed by atoms with E-state index in [-0.39, 0.29) is 23.8 Å². The van der Waals surface area contributed by atoms with Crippen LogP contribution >= 0.6 is 11.6 Å². The second kappa shape index (κ2) is 6.87. The van der Waals surface area contributed by atoms with Gasteiger partial charge in [-0.25, -0.2) is 4.79 Å². The molecule has 9 heteroatoms.